The second-order valence-electron chi connectivity index (χ2n) is 8.04. The van der Waals surface area contributed by atoms with Gasteiger partial charge in [-0.05, 0) is 59.7 Å². The minimum atomic E-state index is -0.564. The first-order chi connectivity index (χ1) is 20.0. The molecule has 0 radical (unpaired) electrons. The Balaban J connectivity index is 0.000000293. The van der Waals surface area contributed by atoms with Gasteiger partial charge in [-0.1, -0.05) is 99.5 Å². The van der Waals surface area contributed by atoms with Crippen molar-refractivity contribution < 1.29 is 46.5 Å². The van der Waals surface area contributed by atoms with E-state index in [0.717, 1.165) is 0 Å². The molecule has 4 rings (SSSR count). The predicted molar refractivity (Wildman–Crippen MR) is 169 cm³/mol. The molecule has 4 aromatic rings. The minimum Gasteiger partial charge on any atom is -0.871 e. The van der Waals surface area contributed by atoms with Gasteiger partial charge in [-0.2, -0.15) is 10.2 Å². The first-order valence-electron chi connectivity index (χ1n) is 11.5. The molecular formula is C28H18Br4N4NiO6. The molecule has 0 saturated heterocycles. The monoisotopic (exact) mass is 880 g/mol. The van der Waals surface area contributed by atoms with Crippen LogP contribution in [0.25, 0.3) is 0 Å². The smallest absolute Gasteiger partial charge is 0.871 e. The summed E-state index contributed by atoms with van der Waals surface area (Å²) < 4.78 is 2.21. The van der Waals surface area contributed by atoms with Crippen LogP contribution in [0.5, 0.6) is 23.0 Å². The molecule has 43 heavy (non-hydrogen) atoms. The molecule has 0 unspecified atom stereocenters. The third-order valence-corrected chi connectivity index (χ3v) is 7.20. The van der Waals surface area contributed by atoms with Crippen molar-refractivity contribution in [3.05, 3.63) is 113 Å². The molecule has 4 N–H and O–H groups in total. The van der Waals surface area contributed by atoms with Crippen LogP contribution in [0.15, 0.2) is 101 Å². The number of nitrogens with one attached hydrogen (secondary N) is 2. The molecule has 0 atom stereocenters. The molecular weight excluding hydrogens is 867 g/mol. The van der Waals surface area contributed by atoms with E-state index in [2.05, 4.69) is 84.8 Å². The maximum Gasteiger partial charge on any atom is 2.00 e. The van der Waals surface area contributed by atoms with Crippen LogP contribution in [-0.4, -0.2) is 34.5 Å². The van der Waals surface area contributed by atoms with E-state index < -0.39 is 11.8 Å². The first-order valence-corrected chi connectivity index (χ1v) is 14.7. The van der Waals surface area contributed by atoms with Crippen LogP contribution in [0.2, 0.25) is 0 Å². The molecule has 2 amide bonds. The Labute approximate surface area is 289 Å². The number of nitrogens with zero attached hydrogens (tertiary/aromatic N) is 2. The van der Waals surface area contributed by atoms with E-state index in [0.29, 0.717) is 29.0 Å². The number of halogens is 4. The molecule has 0 fully saturated rings. The van der Waals surface area contributed by atoms with Gasteiger partial charge in [0.15, 0.2) is 0 Å². The number of hydrogen-bond acceptors (Lipinski definition) is 8. The van der Waals surface area contributed by atoms with Gasteiger partial charge in [0.2, 0.25) is 0 Å². The summed E-state index contributed by atoms with van der Waals surface area (Å²) in [6, 6.07) is 18.6. The minimum absolute atomic E-state index is 0. The van der Waals surface area contributed by atoms with Crippen LogP contribution < -0.4 is 21.1 Å². The van der Waals surface area contributed by atoms with E-state index in [4.69, 9.17) is 0 Å². The normalized spacial score (nSPS) is 10.5. The van der Waals surface area contributed by atoms with Crippen LogP contribution in [0, 0.1) is 0 Å². The third-order valence-electron chi connectivity index (χ3n) is 5.11. The summed E-state index contributed by atoms with van der Waals surface area (Å²) in [4.78, 5) is 23.6. The van der Waals surface area contributed by atoms with E-state index >= 15 is 0 Å². The Morgan fingerprint density at radius 3 is 1.35 bits per heavy atom. The summed E-state index contributed by atoms with van der Waals surface area (Å²) in [5.41, 5.74) is 5.35. The van der Waals surface area contributed by atoms with Gasteiger partial charge < -0.3 is 20.4 Å². The zero-order chi connectivity index (χ0) is 30.8. The fourth-order valence-electron chi connectivity index (χ4n) is 3.12. The number of phenols is 2. The van der Waals surface area contributed by atoms with Crippen LogP contribution in [0.1, 0.15) is 31.8 Å². The number of carbonyl (C=O) groups excluding carboxylic acids is 2. The maximum absolute atomic E-state index is 11.8. The van der Waals surface area contributed by atoms with Crippen molar-refractivity contribution in [1.29, 1.82) is 0 Å². The van der Waals surface area contributed by atoms with Crippen LogP contribution in [0.3, 0.4) is 0 Å². The SMILES string of the molecule is O=C(N/N=C/c1cc(Br)cc(Br)c1[O-])c1ccccc1O.O=C(N/N=C/c1cc(Br)cc(Br)c1[O-])c1ccccc1O.[Ni+2]. The summed E-state index contributed by atoms with van der Waals surface area (Å²) in [7, 11) is 0. The topological polar surface area (TPSA) is 169 Å². The third kappa shape index (κ3) is 10.5. The fourth-order valence-corrected chi connectivity index (χ4v) is 5.64. The number of amides is 2. The Bertz CT molecular complexity index is 1560. The predicted octanol–water partition coefficient (Wildman–Crippen LogP) is 5.51. The molecule has 0 bridgehead atoms. The zero-order valence-corrected chi connectivity index (χ0v) is 28.7. The van der Waals surface area contributed by atoms with Crippen molar-refractivity contribution in [2.75, 3.05) is 0 Å². The summed E-state index contributed by atoms with van der Waals surface area (Å²) >= 11 is 12.8. The molecule has 0 aliphatic carbocycles. The van der Waals surface area contributed by atoms with E-state index in [-0.39, 0.29) is 50.6 Å². The van der Waals surface area contributed by atoms with Crippen molar-refractivity contribution in [1.82, 2.24) is 10.9 Å². The molecule has 4 aromatic carbocycles. The van der Waals surface area contributed by atoms with Crippen LogP contribution in [-0.2, 0) is 16.5 Å². The van der Waals surface area contributed by atoms with Gasteiger partial charge >= 0.3 is 16.5 Å². The van der Waals surface area contributed by atoms with E-state index in [9.17, 15) is 30.0 Å². The van der Waals surface area contributed by atoms with Gasteiger partial charge in [0.25, 0.3) is 11.8 Å². The van der Waals surface area contributed by atoms with E-state index in [1.807, 2.05) is 0 Å². The number of aromatic hydroxyl groups is 2. The van der Waals surface area contributed by atoms with Crippen molar-refractivity contribution >= 4 is 88.0 Å². The number of para-hydroxylation sites is 2. The van der Waals surface area contributed by atoms with Gasteiger partial charge in [0, 0.05) is 17.9 Å². The van der Waals surface area contributed by atoms with E-state index in [1.54, 1.807) is 48.5 Å². The average molecular weight is 885 g/mol. The second-order valence-corrected chi connectivity index (χ2v) is 11.6. The average Bonchev–Trinajstić information content (AvgIpc) is 2.94. The van der Waals surface area contributed by atoms with Gasteiger partial charge in [-0.15, -0.1) is 0 Å². The Hall–Kier alpha value is -3.23. The number of benzene rings is 4. The van der Waals surface area contributed by atoms with Gasteiger partial charge in [0.1, 0.15) is 11.5 Å². The molecule has 0 heterocycles. The van der Waals surface area contributed by atoms with Gasteiger partial charge in [0.05, 0.1) is 23.6 Å². The summed E-state index contributed by atoms with van der Waals surface area (Å²) in [6.07, 6.45) is 2.49. The van der Waals surface area contributed by atoms with Gasteiger partial charge in [-0.3, -0.25) is 9.59 Å². The largest absolute Gasteiger partial charge is 2.00 e. The molecule has 0 aliphatic rings. The van der Waals surface area contributed by atoms with Crippen LogP contribution in [0.4, 0.5) is 0 Å². The molecule has 0 spiro atoms. The number of hydrazone groups is 2. The zero-order valence-electron chi connectivity index (χ0n) is 21.3. The van der Waals surface area contributed by atoms with Crippen molar-refractivity contribution in [2.24, 2.45) is 10.2 Å². The van der Waals surface area contributed by atoms with E-state index in [1.165, 1.54) is 36.7 Å². The quantitative estimate of drug-likeness (QED) is 0.113. The second kappa shape index (κ2) is 17.2. The van der Waals surface area contributed by atoms with Crippen molar-refractivity contribution in [3.63, 3.8) is 0 Å². The maximum atomic E-state index is 11.8. The number of phenolic OH excluding ortho intramolecular Hbond substituents is 2. The molecule has 15 heteroatoms. The molecule has 0 aromatic heterocycles. The first kappa shape index (κ1) is 36.0. The Morgan fingerprint density at radius 2 is 1.00 bits per heavy atom. The molecule has 10 nitrogen and oxygen atoms in total. The summed E-state index contributed by atoms with van der Waals surface area (Å²) in [5.74, 6) is -1.88. The molecule has 224 valence electrons. The van der Waals surface area contributed by atoms with Crippen molar-refractivity contribution in [3.8, 4) is 23.0 Å². The molecule has 0 saturated carbocycles. The number of carbonyl (C=O) groups is 2. The summed E-state index contributed by atoms with van der Waals surface area (Å²) in [5, 5.41) is 50.1. The Morgan fingerprint density at radius 1 is 0.651 bits per heavy atom. The fraction of sp³-hybridized carbons (Fsp3) is 0. The Kier molecular flexibility index (Phi) is 14.4. The standard InChI is InChI=1S/2C14H10Br2N2O3.Ni/c2*15-9-5-8(13(20)11(16)6-9)7-17-18-14(21)10-3-1-2-4-12(10)19;/h2*1-7,19-20H,(H,18,21);/q;;+2/p-2/b2*17-7+;. The number of hydrogen-bond donors (Lipinski definition) is 4. The van der Waals surface area contributed by atoms with Crippen LogP contribution >= 0.6 is 63.7 Å². The number of rotatable bonds is 6. The van der Waals surface area contributed by atoms with Gasteiger partial charge in [-0.25, -0.2) is 10.9 Å². The molecule has 0 aliphatic heterocycles. The summed E-state index contributed by atoms with van der Waals surface area (Å²) in [6.45, 7) is 0. The van der Waals surface area contributed by atoms with Crippen molar-refractivity contribution in [2.45, 2.75) is 0 Å².